The molecule has 0 aromatic heterocycles. The number of amides is 4. The molecule has 0 saturated carbocycles. The summed E-state index contributed by atoms with van der Waals surface area (Å²) in [6, 6.07) is 11.6. The van der Waals surface area contributed by atoms with Crippen LogP contribution in [0.3, 0.4) is 0 Å². The third-order valence-corrected chi connectivity index (χ3v) is 6.19. The summed E-state index contributed by atoms with van der Waals surface area (Å²) in [6.07, 6.45) is 2.62. The molecule has 0 fully saturated rings. The first-order chi connectivity index (χ1) is 15.5. The van der Waals surface area contributed by atoms with Gasteiger partial charge in [-0.2, -0.15) is 11.8 Å². The second-order valence-electron chi connectivity index (χ2n) is 7.74. The predicted octanol–water partition coefficient (Wildman–Crippen LogP) is 2.47. The SMILES string of the molecule is CSCC[C@H]1NC(=O)c2cc(NC(=O)CCN3Cc4ccccc4C3=O)ccc2NC1=O. The van der Waals surface area contributed by atoms with E-state index in [9.17, 15) is 19.2 Å². The van der Waals surface area contributed by atoms with Gasteiger partial charge >= 0.3 is 0 Å². The highest BCUT2D eigenvalue weighted by molar-refractivity contribution is 7.98. The van der Waals surface area contributed by atoms with E-state index in [0.717, 1.165) is 11.3 Å². The van der Waals surface area contributed by atoms with Crippen LogP contribution >= 0.6 is 11.8 Å². The minimum Gasteiger partial charge on any atom is -0.340 e. The van der Waals surface area contributed by atoms with E-state index in [0.29, 0.717) is 42.0 Å². The standard InChI is InChI=1S/C23H24N4O4S/c1-32-11-9-19-22(30)25-18-7-6-15(12-17(18)21(29)26-19)24-20(28)8-10-27-13-14-4-2-3-5-16(14)23(27)31/h2-7,12,19H,8-11,13H2,1H3,(H,24,28)(H,25,30)(H,26,29)/t19-/m1/s1. The van der Waals surface area contributed by atoms with Crippen LogP contribution in [0.15, 0.2) is 42.5 Å². The zero-order valence-electron chi connectivity index (χ0n) is 17.6. The Morgan fingerprint density at radius 2 is 1.97 bits per heavy atom. The molecule has 2 aromatic rings. The monoisotopic (exact) mass is 452 g/mol. The molecule has 8 nitrogen and oxygen atoms in total. The van der Waals surface area contributed by atoms with Crippen LogP contribution in [-0.2, 0) is 16.1 Å². The quantitative estimate of drug-likeness (QED) is 0.598. The first kappa shape index (κ1) is 21.9. The van der Waals surface area contributed by atoms with Crippen molar-refractivity contribution in [2.24, 2.45) is 0 Å². The van der Waals surface area contributed by atoms with Gasteiger partial charge in [0.2, 0.25) is 11.8 Å². The molecule has 4 amide bonds. The van der Waals surface area contributed by atoms with E-state index >= 15 is 0 Å². The topological polar surface area (TPSA) is 108 Å². The molecule has 0 radical (unpaired) electrons. The lowest BCUT2D eigenvalue weighted by molar-refractivity contribution is -0.118. The molecule has 0 saturated heterocycles. The summed E-state index contributed by atoms with van der Waals surface area (Å²) < 4.78 is 0. The van der Waals surface area contributed by atoms with Crippen molar-refractivity contribution in [3.05, 3.63) is 59.2 Å². The fourth-order valence-corrected chi connectivity index (χ4v) is 4.31. The van der Waals surface area contributed by atoms with Crippen LogP contribution in [0.1, 0.15) is 39.1 Å². The number of thioether (sulfide) groups is 1. The molecule has 3 N–H and O–H groups in total. The van der Waals surface area contributed by atoms with E-state index in [4.69, 9.17) is 0 Å². The molecule has 32 heavy (non-hydrogen) atoms. The summed E-state index contributed by atoms with van der Waals surface area (Å²) in [6.45, 7) is 0.802. The van der Waals surface area contributed by atoms with Crippen LogP contribution in [0.2, 0.25) is 0 Å². The van der Waals surface area contributed by atoms with Gasteiger partial charge in [-0.1, -0.05) is 18.2 Å². The van der Waals surface area contributed by atoms with Crippen LogP contribution in [0, 0.1) is 0 Å². The Morgan fingerprint density at radius 1 is 1.16 bits per heavy atom. The summed E-state index contributed by atoms with van der Waals surface area (Å²) in [7, 11) is 0. The van der Waals surface area contributed by atoms with Gasteiger partial charge in [-0.25, -0.2) is 0 Å². The van der Waals surface area contributed by atoms with E-state index < -0.39 is 6.04 Å². The molecule has 0 bridgehead atoms. The van der Waals surface area contributed by atoms with E-state index in [1.165, 1.54) is 0 Å². The van der Waals surface area contributed by atoms with Crippen molar-refractivity contribution in [2.75, 3.05) is 29.2 Å². The molecule has 0 unspecified atom stereocenters. The molecule has 2 heterocycles. The van der Waals surface area contributed by atoms with Gasteiger partial charge in [-0.3, -0.25) is 19.2 Å². The highest BCUT2D eigenvalue weighted by Crippen LogP contribution is 2.25. The number of carbonyl (C=O) groups is 4. The number of anilines is 2. The van der Waals surface area contributed by atoms with Gasteiger partial charge in [0.25, 0.3) is 11.8 Å². The second-order valence-corrected chi connectivity index (χ2v) is 8.72. The summed E-state index contributed by atoms with van der Waals surface area (Å²) in [5.74, 6) is -0.188. The Labute approximate surface area is 190 Å². The number of hydrogen-bond acceptors (Lipinski definition) is 5. The van der Waals surface area contributed by atoms with Crippen LogP contribution in [0.25, 0.3) is 0 Å². The van der Waals surface area contributed by atoms with Gasteiger partial charge in [0.05, 0.1) is 11.3 Å². The Hall–Kier alpha value is -3.33. The van der Waals surface area contributed by atoms with Gasteiger partial charge in [-0.05, 0) is 48.3 Å². The normalized spacial score (nSPS) is 17.2. The Morgan fingerprint density at radius 3 is 2.75 bits per heavy atom. The first-order valence-corrected chi connectivity index (χ1v) is 11.8. The smallest absolute Gasteiger partial charge is 0.254 e. The summed E-state index contributed by atoms with van der Waals surface area (Å²) in [4.78, 5) is 51.6. The number of nitrogens with zero attached hydrogens (tertiary/aromatic N) is 1. The van der Waals surface area contributed by atoms with Crippen molar-refractivity contribution < 1.29 is 19.2 Å². The lowest BCUT2D eigenvalue weighted by Crippen LogP contribution is -2.41. The number of rotatable bonds is 7. The maximum absolute atomic E-state index is 12.6. The van der Waals surface area contributed by atoms with Crippen molar-refractivity contribution in [1.82, 2.24) is 10.2 Å². The van der Waals surface area contributed by atoms with Gasteiger partial charge in [0.1, 0.15) is 6.04 Å². The van der Waals surface area contributed by atoms with Gasteiger partial charge in [0.15, 0.2) is 0 Å². The maximum Gasteiger partial charge on any atom is 0.254 e. The Bertz CT molecular complexity index is 1090. The lowest BCUT2D eigenvalue weighted by Gasteiger charge is -2.15. The predicted molar refractivity (Wildman–Crippen MR) is 124 cm³/mol. The van der Waals surface area contributed by atoms with Crippen LogP contribution < -0.4 is 16.0 Å². The highest BCUT2D eigenvalue weighted by atomic mass is 32.2. The average molecular weight is 453 g/mol. The fraction of sp³-hybridized carbons (Fsp3) is 0.304. The summed E-state index contributed by atoms with van der Waals surface area (Å²) in [5.41, 5.74) is 2.82. The van der Waals surface area contributed by atoms with Crippen LogP contribution in [-0.4, -0.2) is 53.1 Å². The molecule has 2 aliphatic heterocycles. The first-order valence-electron chi connectivity index (χ1n) is 10.4. The second kappa shape index (κ2) is 9.44. The third-order valence-electron chi connectivity index (χ3n) is 5.54. The van der Waals surface area contributed by atoms with Crippen molar-refractivity contribution in [3.8, 4) is 0 Å². The van der Waals surface area contributed by atoms with Crippen molar-refractivity contribution in [2.45, 2.75) is 25.4 Å². The molecular formula is C23H24N4O4S. The molecule has 9 heteroatoms. The molecular weight excluding hydrogens is 428 g/mol. The number of nitrogens with one attached hydrogen (secondary N) is 3. The minimum atomic E-state index is -0.595. The van der Waals surface area contributed by atoms with Crippen molar-refractivity contribution >= 4 is 46.8 Å². The van der Waals surface area contributed by atoms with Crippen molar-refractivity contribution in [1.29, 1.82) is 0 Å². The molecule has 4 rings (SSSR count). The average Bonchev–Trinajstić information content (AvgIpc) is 3.05. The third kappa shape index (κ3) is 4.62. The fourth-order valence-electron chi connectivity index (χ4n) is 3.83. The van der Waals surface area contributed by atoms with Crippen molar-refractivity contribution in [3.63, 3.8) is 0 Å². The number of carbonyl (C=O) groups excluding carboxylic acids is 4. The maximum atomic E-state index is 12.6. The highest BCUT2D eigenvalue weighted by Gasteiger charge is 2.28. The molecule has 0 spiro atoms. The molecule has 0 aliphatic carbocycles. The molecule has 166 valence electrons. The lowest BCUT2D eigenvalue weighted by atomic mass is 10.1. The van der Waals surface area contributed by atoms with Crippen LogP contribution in [0.4, 0.5) is 11.4 Å². The number of benzene rings is 2. The van der Waals surface area contributed by atoms with Gasteiger partial charge < -0.3 is 20.9 Å². The van der Waals surface area contributed by atoms with Gasteiger partial charge in [0, 0.05) is 30.8 Å². The summed E-state index contributed by atoms with van der Waals surface area (Å²) >= 11 is 1.61. The molecule has 1 atom stereocenters. The van der Waals surface area contributed by atoms with E-state index in [-0.39, 0.29) is 30.0 Å². The van der Waals surface area contributed by atoms with E-state index in [2.05, 4.69) is 16.0 Å². The Kier molecular flexibility index (Phi) is 6.45. The van der Waals surface area contributed by atoms with E-state index in [1.54, 1.807) is 40.9 Å². The zero-order valence-corrected chi connectivity index (χ0v) is 18.5. The molecule has 2 aromatic carbocycles. The van der Waals surface area contributed by atoms with Crippen LogP contribution in [0.5, 0.6) is 0 Å². The zero-order chi connectivity index (χ0) is 22.7. The molecule has 2 aliphatic rings. The number of fused-ring (bicyclic) bond motifs is 2. The van der Waals surface area contributed by atoms with Gasteiger partial charge in [-0.15, -0.1) is 0 Å². The largest absolute Gasteiger partial charge is 0.340 e. The van der Waals surface area contributed by atoms with E-state index in [1.807, 2.05) is 24.5 Å². The Balaban J connectivity index is 1.37. The number of hydrogen-bond donors (Lipinski definition) is 3. The minimum absolute atomic E-state index is 0.0677. The summed E-state index contributed by atoms with van der Waals surface area (Å²) in [5, 5.41) is 8.31.